The summed E-state index contributed by atoms with van der Waals surface area (Å²) >= 11 is 0. The molecule has 7 heavy (non-hydrogen) atoms. The molecule has 0 saturated heterocycles. The lowest BCUT2D eigenvalue weighted by Crippen LogP contribution is -2.72. The maximum absolute atomic E-state index is 10.1. The Hall–Kier alpha value is -0.630. The van der Waals surface area contributed by atoms with E-state index in [1.807, 2.05) is 12.4 Å². The molecule has 2 N–H and O–H groups in total. The Morgan fingerprint density at radius 2 is 2.29 bits per heavy atom. The van der Waals surface area contributed by atoms with Gasteiger partial charge in [-0.2, -0.15) is 0 Å². The smallest absolute Gasteiger partial charge is 0.157 e. The number of ketones is 1. The molecule has 0 heterocycles. The van der Waals surface area contributed by atoms with Gasteiger partial charge in [-0.05, 0) is 6.92 Å². The van der Waals surface area contributed by atoms with Gasteiger partial charge in [0.2, 0.25) is 0 Å². The van der Waals surface area contributed by atoms with Crippen LogP contribution < -0.4 is 5.32 Å². The average Bonchev–Trinajstić information content (AvgIpc) is 1.61. The first kappa shape index (κ1) is 6.37. The number of hydrogen-bond donors (Lipinski definition) is 1. The van der Waals surface area contributed by atoms with E-state index in [1.165, 1.54) is 13.0 Å². The second-order valence-electron chi connectivity index (χ2n) is 1.30. The van der Waals surface area contributed by atoms with Crippen LogP contribution in [-0.2, 0) is 4.79 Å². The normalized spacial score (nSPS) is 10.0. The summed E-state index contributed by atoms with van der Waals surface area (Å²) in [4.78, 5) is 10.1. The highest BCUT2D eigenvalue weighted by atomic mass is 16.1. The lowest BCUT2D eigenvalue weighted by molar-refractivity contribution is -0.556. The molecular weight excluding hydrogens is 90.1 g/mol. The number of hydrogen-bond acceptors (Lipinski definition) is 1. The molecule has 0 aliphatic rings. The zero-order valence-corrected chi connectivity index (χ0v) is 4.64. The highest BCUT2D eigenvalue weighted by Crippen LogP contribution is 1.64. The van der Waals surface area contributed by atoms with Gasteiger partial charge in [0, 0.05) is 6.08 Å². The Kier molecular flexibility index (Phi) is 3.24. The zero-order valence-electron chi connectivity index (χ0n) is 4.64. The van der Waals surface area contributed by atoms with Crippen molar-refractivity contribution < 1.29 is 10.1 Å². The van der Waals surface area contributed by atoms with Gasteiger partial charge in [-0.15, -0.1) is 0 Å². The highest BCUT2D eigenvalue weighted by molar-refractivity contribution is 5.86. The van der Waals surface area contributed by atoms with Crippen molar-refractivity contribution in [3.05, 3.63) is 12.3 Å². The third kappa shape index (κ3) is 5.37. The Bertz CT molecular complexity index is 86.1. The minimum absolute atomic E-state index is 0.0955. The molecule has 0 aliphatic heterocycles. The van der Waals surface area contributed by atoms with Gasteiger partial charge >= 0.3 is 0 Å². The lowest BCUT2D eigenvalue weighted by atomic mass is 10.4. The quantitative estimate of drug-likeness (QED) is 0.457. The highest BCUT2D eigenvalue weighted by Gasteiger charge is 1.77. The van der Waals surface area contributed by atoms with E-state index in [0.717, 1.165) is 0 Å². The van der Waals surface area contributed by atoms with Gasteiger partial charge in [-0.25, -0.2) is 0 Å². The maximum Gasteiger partial charge on any atom is 0.157 e. The molecule has 0 radical (unpaired) electrons. The predicted molar refractivity (Wildman–Crippen MR) is 27.7 cm³/mol. The van der Waals surface area contributed by atoms with Gasteiger partial charge in [0.25, 0.3) is 0 Å². The summed E-state index contributed by atoms with van der Waals surface area (Å²) in [6.45, 7) is 1.53. The van der Waals surface area contributed by atoms with E-state index < -0.39 is 0 Å². The summed E-state index contributed by atoms with van der Waals surface area (Å²) in [6.07, 6.45) is 3.25. The van der Waals surface area contributed by atoms with Crippen molar-refractivity contribution in [1.29, 1.82) is 0 Å². The minimum atomic E-state index is 0.0955. The molecule has 2 heteroatoms. The molecule has 0 aromatic rings. The molecule has 0 saturated carbocycles. The molecule has 0 bridgehead atoms. The summed E-state index contributed by atoms with van der Waals surface area (Å²) in [5, 5.41) is 1.82. The van der Waals surface area contributed by atoms with Gasteiger partial charge in [0.15, 0.2) is 5.78 Å². The SMILES string of the molecule is C[NH2+]/C=C/C(C)=O. The summed E-state index contributed by atoms with van der Waals surface area (Å²) < 4.78 is 0. The largest absolute Gasteiger partial charge is 0.322 e. The lowest BCUT2D eigenvalue weighted by Gasteiger charge is -1.74. The molecule has 0 aromatic carbocycles. The number of carbonyl (C=O) groups excluding carboxylic acids is 1. The predicted octanol–water partition coefficient (Wildman–Crippen LogP) is -0.718. The van der Waals surface area contributed by atoms with Gasteiger partial charge in [-0.1, -0.05) is 0 Å². The van der Waals surface area contributed by atoms with Crippen molar-refractivity contribution in [2.45, 2.75) is 6.92 Å². The molecule has 0 fully saturated rings. The van der Waals surface area contributed by atoms with E-state index in [2.05, 4.69) is 0 Å². The van der Waals surface area contributed by atoms with Crippen LogP contribution in [-0.4, -0.2) is 12.8 Å². The molecule has 0 rings (SSSR count). The number of allylic oxidation sites excluding steroid dienone is 1. The van der Waals surface area contributed by atoms with Crippen LogP contribution in [0, 0.1) is 0 Å². The second kappa shape index (κ2) is 3.56. The van der Waals surface area contributed by atoms with Gasteiger partial charge in [0.1, 0.15) is 0 Å². The van der Waals surface area contributed by atoms with E-state index in [-0.39, 0.29) is 5.78 Å². The molecule has 0 atom stereocenters. The van der Waals surface area contributed by atoms with E-state index in [4.69, 9.17) is 0 Å². The third-order valence-electron chi connectivity index (χ3n) is 0.523. The molecule has 0 amide bonds. The number of nitrogens with two attached hydrogens (primary N) is 1. The first-order chi connectivity index (χ1) is 3.27. The van der Waals surface area contributed by atoms with E-state index in [9.17, 15) is 4.79 Å². The van der Waals surface area contributed by atoms with Gasteiger partial charge in [0.05, 0.1) is 13.2 Å². The van der Waals surface area contributed by atoms with E-state index in [1.54, 1.807) is 6.20 Å². The summed E-state index contributed by atoms with van der Waals surface area (Å²) in [7, 11) is 1.87. The first-order valence-corrected chi connectivity index (χ1v) is 2.24. The van der Waals surface area contributed by atoms with Gasteiger partial charge < -0.3 is 5.32 Å². The van der Waals surface area contributed by atoms with Crippen LogP contribution in [0.2, 0.25) is 0 Å². The van der Waals surface area contributed by atoms with Crippen LogP contribution in [0.4, 0.5) is 0 Å². The topological polar surface area (TPSA) is 33.7 Å². The van der Waals surface area contributed by atoms with Crippen LogP contribution in [0.1, 0.15) is 6.92 Å². The van der Waals surface area contributed by atoms with Crippen LogP contribution in [0.25, 0.3) is 0 Å². The Balaban J connectivity index is 3.26. The molecule has 2 nitrogen and oxygen atoms in total. The van der Waals surface area contributed by atoms with E-state index >= 15 is 0 Å². The number of carbonyl (C=O) groups is 1. The number of rotatable bonds is 2. The van der Waals surface area contributed by atoms with Crippen molar-refractivity contribution >= 4 is 5.78 Å². The third-order valence-corrected chi connectivity index (χ3v) is 0.523. The van der Waals surface area contributed by atoms with Crippen molar-refractivity contribution in [1.82, 2.24) is 0 Å². The summed E-state index contributed by atoms with van der Waals surface area (Å²) in [5.74, 6) is 0.0955. The molecule has 0 unspecified atom stereocenters. The van der Waals surface area contributed by atoms with Gasteiger partial charge in [-0.3, -0.25) is 4.79 Å². The van der Waals surface area contributed by atoms with Crippen LogP contribution in [0.3, 0.4) is 0 Å². The minimum Gasteiger partial charge on any atom is -0.322 e. The monoisotopic (exact) mass is 100 g/mol. The van der Waals surface area contributed by atoms with Crippen LogP contribution in [0.15, 0.2) is 12.3 Å². The average molecular weight is 100 g/mol. The Morgan fingerprint density at radius 1 is 1.71 bits per heavy atom. The van der Waals surface area contributed by atoms with E-state index in [0.29, 0.717) is 0 Å². The fourth-order valence-corrected chi connectivity index (χ4v) is 0.232. The second-order valence-corrected chi connectivity index (χ2v) is 1.30. The zero-order chi connectivity index (χ0) is 5.70. The molecule has 40 valence electrons. The van der Waals surface area contributed by atoms with Crippen LogP contribution >= 0.6 is 0 Å². The van der Waals surface area contributed by atoms with Crippen molar-refractivity contribution in [2.24, 2.45) is 0 Å². The Labute approximate surface area is 43.2 Å². The fourth-order valence-electron chi connectivity index (χ4n) is 0.232. The Morgan fingerprint density at radius 3 is 2.43 bits per heavy atom. The molecule has 0 spiro atoms. The maximum atomic E-state index is 10.1. The summed E-state index contributed by atoms with van der Waals surface area (Å²) in [6, 6.07) is 0. The number of quaternary nitrogens is 1. The van der Waals surface area contributed by atoms with Crippen molar-refractivity contribution in [2.75, 3.05) is 7.05 Å². The molecule has 0 aromatic heterocycles. The van der Waals surface area contributed by atoms with Crippen molar-refractivity contribution in [3.8, 4) is 0 Å². The standard InChI is InChI=1S/C5H9NO/c1-5(7)3-4-6-2/h3-4,6H,1-2H3/p+1/b4-3+. The van der Waals surface area contributed by atoms with Crippen LogP contribution in [0.5, 0.6) is 0 Å². The first-order valence-electron chi connectivity index (χ1n) is 2.24. The summed E-state index contributed by atoms with van der Waals surface area (Å²) in [5.41, 5.74) is 0. The molecular formula is C5H10NO+. The van der Waals surface area contributed by atoms with Crippen molar-refractivity contribution in [3.63, 3.8) is 0 Å². The fraction of sp³-hybridized carbons (Fsp3) is 0.400. The molecule has 0 aliphatic carbocycles.